The Morgan fingerprint density at radius 1 is 1.25 bits per heavy atom. The van der Waals surface area contributed by atoms with Crippen molar-refractivity contribution < 1.29 is 9.53 Å². The van der Waals surface area contributed by atoms with Crippen molar-refractivity contribution in [2.24, 2.45) is 4.99 Å². The number of ether oxygens (including phenoxy) is 1. The number of aliphatic imine (C=N–C) groups is 1. The van der Waals surface area contributed by atoms with Gasteiger partial charge in [0.15, 0.2) is 0 Å². The molecule has 4 nitrogen and oxygen atoms in total. The van der Waals surface area contributed by atoms with E-state index < -0.39 is 0 Å². The van der Waals surface area contributed by atoms with Crippen LogP contribution in [-0.2, 0) is 11.3 Å². The Balaban J connectivity index is 2.01. The lowest BCUT2D eigenvalue weighted by Gasteiger charge is -2.08. The van der Waals surface area contributed by atoms with Crippen molar-refractivity contribution in [2.75, 3.05) is 6.61 Å². The monoisotopic (exact) mass is 288 g/mol. The van der Waals surface area contributed by atoms with Crippen LogP contribution in [0.2, 0.25) is 0 Å². The third-order valence-electron chi connectivity index (χ3n) is 2.49. The maximum atomic E-state index is 11.9. The Labute approximate surface area is 122 Å². The minimum atomic E-state index is -0.194. The molecule has 0 atom stereocenters. The summed E-state index contributed by atoms with van der Waals surface area (Å²) in [6.45, 7) is 2.79. The number of carbonyl (C=O) groups excluding carboxylic acids is 1. The predicted molar refractivity (Wildman–Crippen MR) is 81.0 cm³/mol. The number of hydrogen-bond acceptors (Lipinski definition) is 4. The van der Waals surface area contributed by atoms with Gasteiger partial charge in [-0.2, -0.15) is 0 Å². The van der Waals surface area contributed by atoms with E-state index in [9.17, 15) is 4.79 Å². The molecule has 20 heavy (non-hydrogen) atoms. The molecule has 2 aromatic rings. The van der Waals surface area contributed by atoms with Gasteiger partial charge < -0.3 is 4.74 Å². The predicted octanol–water partition coefficient (Wildman–Crippen LogP) is 3.07. The molecule has 0 radical (unpaired) electrons. The quantitative estimate of drug-likeness (QED) is 0.694. The molecule has 1 amide bonds. The van der Waals surface area contributed by atoms with E-state index in [1.54, 1.807) is 6.07 Å². The topological polar surface area (TPSA) is 50.7 Å². The van der Waals surface area contributed by atoms with Crippen LogP contribution in [0.3, 0.4) is 0 Å². The van der Waals surface area contributed by atoms with E-state index in [-0.39, 0.29) is 11.9 Å². The van der Waals surface area contributed by atoms with Crippen LogP contribution in [-0.4, -0.2) is 18.5 Å². The van der Waals surface area contributed by atoms with Crippen LogP contribution < -0.4 is 5.32 Å². The standard InChI is InChI=1S/C15H16N2O2S/c1-2-19-15(16-11-12-7-4-3-5-8-12)17-14(18)13-9-6-10-20-13/h3-10H,2,11H2,1H3,(H,16,17,18). The fraction of sp³-hybridized carbons (Fsp3) is 0.200. The molecule has 1 N–H and O–H groups in total. The van der Waals surface area contributed by atoms with Crippen LogP contribution in [0.25, 0.3) is 0 Å². The van der Waals surface area contributed by atoms with Gasteiger partial charge in [0.25, 0.3) is 11.9 Å². The molecule has 1 aromatic carbocycles. The van der Waals surface area contributed by atoms with Gasteiger partial charge in [0.2, 0.25) is 0 Å². The van der Waals surface area contributed by atoms with Crippen molar-refractivity contribution in [3.63, 3.8) is 0 Å². The van der Waals surface area contributed by atoms with Crippen LogP contribution in [0, 0.1) is 0 Å². The van der Waals surface area contributed by atoms with Gasteiger partial charge in [-0.3, -0.25) is 10.1 Å². The molecule has 0 saturated heterocycles. The molecule has 0 fully saturated rings. The number of nitrogens with one attached hydrogen (secondary N) is 1. The number of hydrogen-bond donors (Lipinski definition) is 1. The van der Waals surface area contributed by atoms with Crippen LogP contribution >= 0.6 is 11.3 Å². The highest BCUT2D eigenvalue weighted by atomic mass is 32.1. The van der Waals surface area contributed by atoms with Gasteiger partial charge in [0.05, 0.1) is 18.0 Å². The smallest absolute Gasteiger partial charge is 0.292 e. The largest absolute Gasteiger partial charge is 0.465 e. The summed E-state index contributed by atoms with van der Waals surface area (Å²) in [4.78, 5) is 16.9. The van der Waals surface area contributed by atoms with Crippen molar-refractivity contribution in [1.82, 2.24) is 5.32 Å². The zero-order valence-electron chi connectivity index (χ0n) is 11.2. The number of carbonyl (C=O) groups is 1. The maximum Gasteiger partial charge on any atom is 0.292 e. The first kappa shape index (κ1) is 14.3. The van der Waals surface area contributed by atoms with E-state index >= 15 is 0 Å². The van der Waals surface area contributed by atoms with Crippen molar-refractivity contribution in [1.29, 1.82) is 0 Å². The van der Waals surface area contributed by atoms with Crippen molar-refractivity contribution in [2.45, 2.75) is 13.5 Å². The van der Waals surface area contributed by atoms with Crippen LogP contribution in [0.1, 0.15) is 22.2 Å². The number of benzene rings is 1. The summed E-state index contributed by atoms with van der Waals surface area (Å²) < 4.78 is 5.36. The Kier molecular flexibility index (Phi) is 5.32. The molecule has 1 heterocycles. The lowest BCUT2D eigenvalue weighted by molar-refractivity contribution is 0.0970. The van der Waals surface area contributed by atoms with Gasteiger partial charge in [0.1, 0.15) is 0 Å². The summed E-state index contributed by atoms with van der Waals surface area (Å²) in [5.41, 5.74) is 1.06. The van der Waals surface area contributed by atoms with E-state index in [2.05, 4.69) is 10.3 Å². The third kappa shape index (κ3) is 4.20. The molecular weight excluding hydrogens is 272 g/mol. The van der Waals surface area contributed by atoms with Gasteiger partial charge in [-0.05, 0) is 23.9 Å². The van der Waals surface area contributed by atoms with Gasteiger partial charge in [-0.25, -0.2) is 4.99 Å². The van der Waals surface area contributed by atoms with Gasteiger partial charge >= 0.3 is 0 Å². The van der Waals surface area contributed by atoms with Crippen LogP contribution in [0.5, 0.6) is 0 Å². The molecule has 0 spiro atoms. The van der Waals surface area contributed by atoms with E-state index in [0.717, 1.165) is 5.56 Å². The first-order valence-electron chi connectivity index (χ1n) is 6.35. The highest BCUT2D eigenvalue weighted by Gasteiger charge is 2.10. The number of amidine groups is 1. The molecule has 1 aromatic heterocycles. The summed E-state index contributed by atoms with van der Waals surface area (Å²) in [5, 5.41) is 4.55. The lowest BCUT2D eigenvalue weighted by Crippen LogP contribution is -2.32. The highest BCUT2D eigenvalue weighted by Crippen LogP contribution is 2.08. The van der Waals surface area contributed by atoms with Crippen LogP contribution in [0.4, 0.5) is 0 Å². The SMILES string of the molecule is CCOC(=NCc1ccccc1)NC(=O)c1cccs1. The second-order valence-electron chi connectivity index (χ2n) is 3.97. The fourth-order valence-electron chi connectivity index (χ4n) is 1.57. The summed E-state index contributed by atoms with van der Waals surface area (Å²) in [6.07, 6.45) is 0. The Morgan fingerprint density at radius 3 is 2.70 bits per heavy atom. The molecular formula is C15H16N2O2S. The number of nitrogens with zero attached hydrogens (tertiary/aromatic N) is 1. The average molecular weight is 288 g/mol. The first-order valence-corrected chi connectivity index (χ1v) is 7.23. The number of thiophene rings is 1. The second kappa shape index (κ2) is 7.45. The molecule has 0 saturated carbocycles. The van der Waals surface area contributed by atoms with E-state index in [1.165, 1.54) is 11.3 Å². The fourth-order valence-corrected chi connectivity index (χ4v) is 2.19. The molecule has 0 bridgehead atoms. The van der Waals surface area contributed by atoms with Gasteiger partial charge in [-0.15, -0.1) is 11.3 Å². The number of amides is 1. The maximum absolute atomic E-state index is 11.9. The molecule has 0 aliphatic carbocycles. The number of rotatable bonds is 4. The first-order chi connectivity index (χ1) is 9.79. The van der Waals surface area contributed by atoms with Crippen LogP contribution in [0.15, 0.2) is 52.8 Å². The minimum Gasteiger partial charge on any atom is -0.465 e. The summed E-state index contributed by atoms with van der Waals surface area (Å²) in [7, 11) is 0. The second-order valence-corrected chi connectivity index (χ2v) is 4.92. The zero-order valence-corrected chi connectivity index (χ0v) is 12.0. The van der Waals surface area contributed by atoms with Crippen molar-refractivity contribution in [3.05, 3.63) is 58.3 Å². The van der Waals surface area contributed by atoms with E-state index in [0.29, 0.717) is 18.0 Å². The third-order valence-corrected chi connectivity index (χ3v) is 3.36. The molecule has 2 rings (SSSR count). The Morgan fingerprint density at radius 2 is 2.05 bits per heavy atom. The molecule has 104 valence electrons. The summed E-state index contributed by atoms with van der Waals surface area (Å²) >= 11 is 1.38. The van der Waals surface area contributed by atoms with Gasteiger partial charge in [-0.1, -0.05) is 36.4 Å². The summed E-state index contributed by atoms with van der Waals surface area (Å²) in [6, 6.07) is 13.7. The molecule has 0 unspecified atom stereocenters. The average Bonchev–Trinajstić information content (AvgIpc) is 3.00. The highest BCUT2D eigenvalue weighted by molar-refractivity contribution is 7.12. The summed E-state index contributed by atoms with van der Waals surface area (Å²) in [5.74, 6) is -0.194. The zero-order chi connectivity index (χ0) is 14.2. The minimum absolute atomic E-state index is 0.194. The van der Waals surface area contributed by atoms with E-state index in [1.807, 2.05) is 48.7 Å². The molecule has 5 heteroatoms. The van der Waals surface area contributed by atoms with Crippen molar-refractivity contribution >= 4 is 23.3 Å². The molecule has 0 aliphatic heterocycles. The van der Waals surface area contributed by atoms with Gasteiger partial charge in [0, 0.05) is 0 Å². The normalized spacial score (nSPS) is 11.2. The van der Waals surface area contributed by atoms with Crippen molar-refractivity contribution in [3.8, 4) is 0 Å². The lowest BCUT2D eigenvalue weighted by atomic mass is 10.2. The molecule has 0 aliphatic rings. The Bertz CT molecular complexity index is 565. The Hall–Kier alpha value is -2.14. The van der Waals surface area contributed by atoms with E-state index in [4.69, 9.17) is 4.74 Å².